The number of aromatic carboxylic acids is 1. The summed E-state index contributed by atoms with van der Waals surface area (Å²) in [5.74, 6) is -0.857. The number of hydrogen-bond donors (Lipinski definition) is 2. The van der Waals surface area contributed by atoms with Gasteiger partial charge in [0.15, 0.2) is 0 Å². The first-order valence-corrected chi connectivity index (χ1v) is 7.64. The first-order valence-electron chi connectivity index (χ1n) is 7.64. The molecule has 0 radical (unpaired) electrons. The molecule has 0 fully saturated rings. The van der Waals surface area contributed by atoms with Crippen molar-refractivity contribution >= 4 is 16.9 Å². The number of nitrogens with zero attached hydrogens (tertiary/aromatic N) is 1. The topological polar surface area (TPSA) is 68.2 Å². The molecule has 21 heavy (non-hydrogen) atoms. The van der Waals surface area contributed by atoms with Gasteiger partial charge < -0.3 is 15.4 Å². The Morgan fingerprint density at radius 3 is 2.71 bits per heavy atom. The number of carbonyl (C=O) groups is 1. The molecule has 2 aromatic rings. The lowest BCUT2D eigenvalue weighted by Crippen LogP contribution is -2.03. The van der Waals surface area contributed by atoms with Crippen LogP contribution in [-0.2, 0) is 13.0 Å². The number of fused-ring (bicyclic) bond motifs is 1. The molecular weight excluding hydrogens is 264 g/mol. The molecule has 0 saturated carbocycles. The minimum absolute atomic E-state index is 0.403. The van der Waals surface area contributed by atoms with Gasteiger partial charge in [-0.05, 0) is 56.0 Å². The highest BCUT2D eigenvalue weighted by Gasteiger charge is 2.16. The maximum Gasteiger partial charge on any atom is 0.337 e. The molecule has 0 unspecified atom stereocenters. The molecular formula is C17H24N2O2. The molecule has 0 aliphatic rings. The second kappa shape index (κ2) is 6.76. The Labute approximate surface area is 125 Å². The van der Waals surface area contributed by atoms with Crippen LogP contribution in [0.25, 0.3) is 10.9 Å². The Morgan fingerprint density at radius 1 is 1.33 bits per heavy atom. The van der Waals surface area contributed by atoms with Crippen molar-refractivity contribution in [3.63, 3.8) is 0 Å². The second-order valence-electron chi connectivity index (χ2n) is 5.61. The molecule has 0 aliphatic carbocycles. The summed E-state index contributed by atoms with van der Waals surface area (Å²) in [5, 5.41) is 10.6. The van der Waals surface area contributed by atoms with Gasteiger partial charge in [0.05, 0.1) is 11.1 Å². The third-order valence-corrected chi connectivity index (χ3v) is 3.83. The van der Waals surface area contributed by atoms with Gasteiger partial charge in [-0.2, -0.15) is 0 Å². The van der Waals surface area contributed by atoms with Crippen LogP contribution in [0.15, 0.2) is 18.3 Å². The van der Waals surface area contributed by atoms with Crippen molar-refractivity contribution in [3.05, 3.63) is 35.0 Å². The summed E-state index contributed by atoms with van der Waals surface area (Å²) in [4.78, 5) is 11.6. The quantitative estimate of drug-likeness (QED) is 0.821. The lowest BCUT2D eigenvalue weighted by molar-refractivity contribution is 0.0698. The van der Waals surface area contributed by atoms with Crippen LogP contribution < -0.4 is 5.73 Å². The summed E-state index contributed by atoms with van der Waals surface area (Å²) >= 11 is 0. The molecule has 0 spiro atoms. The van der Waals surface area contributed by atoms with Crippen LogP contribution in [0.3, 0.4) is 0 Å². The molecule has 4 nitrogen and oxygen atoms in total. The van der Waals surface area contributed by atoms with E-state index in [2.05, 4.69) is 23.8 Å². The maximum absolute atomic E-state index is 11.6. The fraction of sp³-hybridized carbons (Fsp3) is 0.471. The number of carboxylic acid groups (broad SMARTS) is 1. The van der Waals surface area contributed by atoms with Crippen molar-refractivity contribution in [2.75, 3.05) is 6.54 Å². The number of aromatic nitrogens is 1. The monoisotopic (exact) mass is 288 g/mol. The predicted octanol–water partition coefficient (Wildman–Crippen LogP) is 3.34. The fourth-order valence-electron chi connectivity index (χ4n) is 2.81. The van der Waals surface area contributed by atoms with E-state index >= 15 is 0 Å². The first-order chi connectivity index (χ1) is 10.1. The van der Waals surface area contributed by atoms with Crippen molar-refractivity contribution in [2.24, 2.45) is 5.73 Å². The maximum atomic E-state index is 11.6. The van der Waals surface area contributed by atoms with Crippen molar-refractivity contribution in [1.82, 2.24) is 4.57 Å². The number of unbranched alkanes of at least 4 members (excludes halogenated alkanes) is 1. The van der Waals surface area contributed by atoms with E-state index in [1.807, 2.05) is 6.92 Å². The summed E-state index contributed by atoms with van der Waals surface area (Å²) in [6.07, 6.45) is 6.07. The van der Waals surface area contributed by atoms with Gasteiger partial charge in [0.25, 0.3) is 0 Å². The van der Waals surface area contributed by atoms with Crippen LogP contribution in [0.2, 0.25) is 0 Å². The molecule has 1 aromatic carbocycles. The number of nitrogens with two attached hydrogens (primary N) is 1. The van der Waals surface area contributed by atoms with Gasteiger partial charge in [0.2, 0.25) is 0 Å². The average molecular weight is 288 g/mol. The summed E-state index contributed by atoms with van der Waals surface area (Å²) in [5.41, 5.74) is 9.07. The molecule has 0 saturated heterocycles. The zero-order chi connectivity index (χ0) is 15.4. The SMILES string of the molecule is CCCCn1cc(CCCN)c2cc(C)cc(C(=O)O)c21. The third kappa shape index (κ3) is 3.27. The van der Waals surface area contributed by atoms with Gasteiger partial charge in [0, 0.05) is 18.1 Å². The van der Waals surface area contributed by atoms with Crippen molar-refractivity contribution in [2.45, 2.75) is 46.1 Å². The van der Waals surface area contributed by atoms with Crippen molar-refractivity contribution in [1.29, 1.82) is 0 Å². The Bertz CT molecular complexity index is 644. The molecule has 0 amide bonds. The highest BCUT2D eigenvalue weighted by molar-refractivity contribution is 6.03. The van der Waals surface area contributed by atoms with Gasteiger partial charge in [0.1, 0.15) is 0 Å². The molecule has 4 heteroatoms. The largest absolute Gasteiger partial charge is 0.478 e. The predicted molar refractivity (Wildman–Crippen MR) is 85.9 cm³/mol. The van der Waals surface area contributed by atoms with Gasteiger partial charge in [-0.1, -0.05) is 13.3 Å². The molecule has 0 atom stereocenters. The first kappa shape index (κ1) is 15.6. The normalized spacial score (nSPS) is 11.2. The number of rotatable bonds is 7. The Morgan fingerprint density at radius 2 is 2.10 bits per heavy atom. The van der Waals surface area contributed by atoms with E-state index in [4.69, 9.17) is 5.73 Å². The standard InChI is InChI=1S/C17H24N2O2/c1-3-4-8-19-11-13(6-5-7-18)14-9-12(2)10-15(16(14)19)17(20)21/h9-11H,3-8,18H2,1-2H3,(H,20,21). The van der Waals surface area contributed by atoms with E-state index in [9.17, 15) is 9.90 Å². The number of hydrogen-bond acceptors (Lipinski definition) is 2. The lowest BCUT2D eigenvalue weighted by Gasteiger charge is -2.08. The van der Waals surface area contributed by atoms with E-state index in [1.165, 1.54) is 5.56 Å². The van der Waals surface area contributed by atoms with Crippen molar-refractivity contribution in [3.8, 4) is 0 Å². The van der Waals surface area contributed by atoms with E-state index in [1.54, 1.807) is 6.07 Å². The summed E-state index contributed by atoms with van der Waals surface area (Å²) in [6.45, 7) is 5.60. The molecule has 2 rings (SSSR count). The average Bonchev–Trinajstić information content (AvgIpc) is 2.79. The number of carboxylic acids is 1. The van der Waals surface area contributed by atoms with Gasteiger partial charge in [-0.25, -0.2) is 4.79 Å². The number of benzene rings is 1. The summed E-state index contributed by atoms with van der Waals surface area (Å²) in [7, 11) is 0. The molecule has 114 valence electrons. The Kier molecular flexibility index (Phi) is 5.02. The Balaban J connectivity index is 2.62. The minimum Gasteiger partial charge on any atom is -0.478 e. The lowest BCUT2D eigenvalue weighted by atomic mass is 10.0. The number of aryl methyl sites for hydroxylation is 3. The van der Waals surface area contributed by atoms with Crippen LogP contribution in [0, 0.1) is 6.92 Å². The van der Waals surface area contributed by atoms with Crippen LogP contribution in [-0.4, -0.2) is 22.2 Å². The highest BCUT2D eigenvalue weighted by atomic mass is 16.4. The van der Waals surface area contributed by atoms with Crippen LogP contribution in [0.5, 0.6) is 0 Å². The Hall–Kier alpha value is -1.81. The molecule has 1 aromatic heterocycles. The van der Waals surface area contributed by atoms with E-state index in [0.29, 0.717) is 12.1 Å². The smallest absolute Gasteiger partial charge is 0.337 e. The third-order valence-electron chi connectivity index (χ3n) is 3.83. The zero-order valence-corrected chi connectivity index (χ0v) is 12.9. The van der Waals surface area contributed by atoms with Gasteiger partial charge in [-0.3, -0.25) is 0 Å². The molecule has 0 aliphatic heterocycles. The van der Waals surface area contributed by atoms with Gasteiger partial charge >= 0.3 is 5.97 Å². The zero-order valence-electron chi connectivity index (χ0n) is 12.9. The van der Waals surface area contributed by atoms with Crippen LogP contribution in [0.1, 0.15) is 47.7 Å². The molecule has 1 heterocycles. The fourth-order valence-corrected chi connectivity index (χ4v) is 2.81. The second-order valence-corrected chi connectivity index (χ2v) is 5.61. The summed E-state index contributed by atoms with van der Waals surface area (Å²) < 4.78 is 2.10. The van der Waals surface area contributed by atoms with Crippen molar-refractivity contribution < 1.29 is 9.90 Å². The van der Waals surface area contributed by atoms with Crippen LogP contribution >= 0.6 is 0 Å². The van der Waals surface area contributed by atoms with E-state index < -0.39 is 5.97 Å². The minimum atomic E-state index is -0.857. The highest BCUT2D eigenvalue weighted by Crippen LogP contribution is 2.28. The molecule has 0 bridgehead atoms. The van der Waals surface area contributed by atoms with Gasteiger partial charge in [-0.15, -0.1) is 0 Å². The molecule has 3 N–H and O–H groups in total. The van der Waals surface area contributed by atoms with E-state index in [-0.39, 0.29) is 0 Å². The van der Waals surface area contributed by atoms with E-state index in [0.717, 1.165) is 48.7 Å². The summed E-state index contributed by atoms with van der Waals surface area (Å²) in [6, 6.07) is 3.86. The van der Waals surface area contributed by atoms with Crippen LogP contribution in [0.4, 0.5) is 0 Å².